The molecular formula is C24H19F2NOS. The molecule has 1 N–H and O–H groups in total. The fourth-order valence-corrected chi connectivity index (χ4v) is 4.87. The molecule has 2 aliphatic rings. The lowest BCUT2D eigenvalue weighted by Gasteiger charge is -2.35. The van der Waals surface area contributed by atoms with Gasteiger partial charge in [0.1, 0.15) is 11.6 Å². The van der Waals surface area contributed by atoms with Gasteiger partial charge in [-0.25, -0.2) is 8.78 Å². The average Bonchev–Trinajstić information content (AvgIpc) is 3.14. The van der Waals surface area contributed by atoms with Crippen LogP contribution in [0.1, 0.15) is 36.8 Å². The molecule has 0 amide bonds. The summed E-state index contributed by atoms with van der Waals surface area (Å²) in [5, 5.41) is 5.52. The Morgan fingerprint density at radius 3 is 2.66 bits per heavy atom. The molecule has 0 bridgehead atoms. The van der Waals surface area contributed by atoms with Crippen molar-refractivity contribution in [3.63, 3.8) is 0 Å². The van der Waals surface area contributed by atoms with Crippen molar-refractivity contribution >= 4 is 34.4 Å². The van der Waals surface area contributed by atoms with Crippen LogP contribution in [0, 0.1) is 11.6 Å². The second-order valence-electron chi connectivity index (χ2n) is 7.98. The molecule has 1 aromatic heterocycles. The van der Waals surface area contributed by atoms with Crippen molar-refractivity contribution in [1.82, 2.24) is 0 Å². The van der Waals surface area contributed by atoms with Crippen LogP contribution >= 0.6 is 11.3 Å². The monoisotopic (exact) mass is 407 g/mol. The third kappa shape index (κ3) is 2.97. The molecule has 0 saturated heterocycles. The molecule has 5 rings (SSSR count). The molecule has 0 aliphatic carbocycles. The summed E-state index contributed by atoms with van der Waals surface area (Å²) in [6.07, 6.45) is 4.09. The highest BCUT2D eigenvalue weighted by Gasteiger charge is 2.32. The van der Waals surface area contributed by atoms with Gasteiger partial charge in [-0.3, -0.25) is 0 Å². The van der Waals surface area contributed by atoms with Crippen LogP contribution in [0.5, 0.6) is 5.75 Å². The number of benzene rings is 2. The largest absolute Gasteiger partial charge is 0.453 e. The molecule has 0 atom stereocenters. The Bertz CT molecular complexity index is 1210. The van der Waals surface area contributed by atoms with Crippen LogP contribution in [0.25, 0.3) is 28.5 Å². The van der Waals surface area contributed by atoms with Crippen LogP contribution in [0.3, 0.4) is 0 Å². The van der Waals surface area contributed by atoms with Gasteiger partial charge in [0.25, 0.3) is 0 Å². The topological polar surface area (TPSA) is 21.3 Å². The van der Waals surface area contributed by atoms with Gasteiger partial charge < -0.3 is 10.1 Å². The smallest absolute Gasteiger partial charge is 0.171 e. The number of allylic oxidation sites excluding steroid dienone is 1. The molecule has 0 radical (unpaired) electrons. The summed E-state index contributed by atoms with van der Waals surface area (Å²) in [4.78, 5) is 1.00. The van der Waals surface area contributed by atoms with Crippen molar-refractivity contribution < 1.29 is 13.5 Å². The quantitative estimate of drug-likeness (QED) is 0.461. The first-order chi connectivity index (χ1) is 13.8. The second kappa shape index (κ2) is 6.29. The van der Waals surface area contributed by atoms with Gasteiger partial charge in [-0.05, 0) is 61.6 Å². The van der Waals surface area contributed by atoms with Crippen molar-refractivity contribution in [2.45, 2.75) is 26.3 Å². The van der Waals surface area contributed by atoms with E-state index in [0.29, 0.717) is 11.3 Å². The van der Waals surface area contributed by atoms with E-state index in [0.717, 1.165) is 38.9 Å². The second-order valence-corrected chi connectivity index (χ2v) is 8.95. The van der Waals surface area contributed by atoms with E-state index >= 15 is 0 Å². The van der Waals surface area contributed by atoms with Crippen LogP contribution in [0.2, 0.25) is 0 Å². The minimum Gasteiger partial charge on any atom is -0.453 e. The fourth-order valence-electron chi connectivity index (χ4n) is 4.22. The minimum atomic E-state index is -0.702. The zero-order chi connectivity index (χ0) is 20.3. The Kier molecular flexibility index (Phi) is 3.93. The highest BCUT2D eigenvalue weighted by molar-refractivity contribution is 7.10. The molecule has 146 valence electrons. The predicted octanol–water partition coefficient (Wildman–Crippen LogP) is 7.19. The minimum absolute atomic E-state index is 0.0624. The number of fused-ring (bicyclic) bond motifs is 5. The maximum Gasteiger partial charge on any atom is 0.171 e. The number of halogens is 2. The van der Waals surface area contributed by atoms with Gasteiger partial charge in [-0.1, -0.05) is 18.2 Å². The molecule has 0 spiro atoms. The van der Waals surface area contributed by atoms with Gasteiger partial charge in [-0.15, -0.1) is 11.3 Å². The molecule has 0 unspecified atom stereocenters. The van der Waals surface area contributed by atoms with E-state index in [-0.39, 0.29) is 11.3 Å². The molecule has 3 aromatic rings. The third-order valence-corrected chi connectivity index (χ3v) is 6.03. The van der Waals surface area contributed by atoms with E-state index in [4.69, 9.17) is 4.74 Å². The third-order valence-electron chi connectivity index (χ3n) is 5.21. The summed E-state index contributed by atoms with van der Waals surface area (Å²) in [5.41, 5.74) is 4.94. The maximum absolute atomic E-state index is 14.6. The lowest BCUT2D eigenvalue weighted by atomic mass is 9.83. The van der Waals surface area contributed by atoms with E-state index in [1.54, 1.807) is 11.3 Å². The van der Waals surface area contributed by atoms with E-state index in [1.807, 2.05) is 35.7 Å². The SMILES string of the molecule is CC1=CC(C)(C)Nc2ccc3c(c21)/C(=C/c1cccs1)Oc1c(F)cc(F)cc1-3. The molecule has 29 heavy (non-hydrogen) atoms. The number of thiophene rings is 1. The number of ether oxygens (including phenoxy) is 1. The van der Waals surface area contributed by atoms with E-state index in [1.165, 1.54) is 6.07 Å². The van der Waals surface area contributed by atoms with E-state index < -0.39 is 11.6 Å². The Morgan fingerprint density at radius 2 is 1.90 bits per heavy atom. The molecule has 0 fully saturated rings. The Labute approximate surface area is 172 Å². The zero-order valence-corrected chi connectivity index (χ0v) is 17.1. The Hall–Kier alpha value is -2.92. The van der Waals surface area contributed by atoms with Gasteiger partial charge >= 0.3 is 0 Å². The van der Waals surface area contributed by atoms with E-state index in [2.05, 4.69) is 32.2 Å². The van der Waals surface area contributed by atoms with Crippen LogP contribution in [0.4, 0.5) is 14.5 Å². The maximum atomic E-state index is 14.6. The van der Waals surface area contributed by atoms with E-state index in [9.17, 15) is 8.78 Å². The first kappa shape index (κ1) is 18.1. The molecule has 5 heteroatoms. The van der Waals surface area contributed by atoms with Crippen molar-refractivity contribution in [3.8, 4) is 16.9 Å². The highest BCUT2D eigenvalue weighted by atomic mass is 32.1. The zero-order valence-electron chi connectivity index (χ0n) is 16.3. The summed E-state index contributed by atoms with van der Waals surface area (Å²) in [6.45, 7) is 6.28. The lowest BCUT2D eigenvalue weighted by Crippen LogP contribution is -2.32. The number of anilines is 1. The predicted molar refractivity (Wildman–Crippen MR) is 116 cm³/mol. The molecular weight excluding hydrogens is 388 g/mol. The van der Waals surface area contributed by atoms with Gasteiger partial charge in [0, 0.05) is 33.3 Å². The fraction of sp³-hybridized carbons (Fsp3) is 0.167. The van der Waals surface area contributed by atoms with Crippen molar-refractivity contribution in [3.05, 3.63) is 75.5 Å². The average molecular weight is 407 g/mol. The Morgan fingerprint density at radius 1 is 1.07 bits per heavy atom. The first-order valence-electron chi connectivity index (χ1n) is 9.40. The Balaban J connectivity index is 1.84. The van der Waals surface area contributed by atoms with Crippen molar-refractivity contribution in [2.75, 3.05) is 5.32 Å². The molecule has 2 nitrogen and oxygen atoms in total. The number of rotatable bonds is 1. The molecule has 2 aliphatic heterocycles. The van der Waals surface area contributed by atoms with Crippen LogP contribution in [0.15, 0.2) is 47.9 Å². The summed E-state index contributed by atoms with van der Waals surface area (Å²) >= 11 is 1.58. The van der Waals surface area contributed by atoms with Crippen LogP contribution in [-0.2, 0) is 0 Å². The van der Waals surface area contributed by atoms with Gasteiger partial charge in [0.2, 0.25) is 0 Å². The molecule has 0 saturated carbocycles. The van der Waals surface area contributed by atoms with Crippen LogP contribution in [-0.4, -0.2) is 5.54 Å². The van der Waals surface area contributed by atoms with Crippen molar-refractivity contribution in [1.29, 1.82) is 0 Å². The normalized spacial score (nSPS) is 17.6. The lowest BCUT2D eigenvalue weighted by molar-refractivity contribution is 0.460. The van der Waals surface area contributed by atoms with Gasteiger partial charge in [0.05, 0.1) is 5.54 Å². The summed E-state index contributed by atoms with van der Waals surface area (Å²) in [7, 11) is 0. The molecule has 3 heterocycles. The highest BCUT2D eigenvalue weighted by Crippen LogP contribution is 2.50. The summed E-state index contributed by atoms with van der Waals surface area (Å²) in [6, 6.07) is 10.0. The number of hydrogen-bond acceptors (Lipinski definition) is 3. The molecule has 2 aromatic carbocycles. The van der Waals surface area contributed by atoms with Gasteiger partial charge in [0.15, 0.2) is 11.6 Å². The summed E-state index contributed by atoms with van der Waals surface area (Å²) in [5.74, 6) is -0.698. The van der Waals surface area contributed by atoms with Gasteiger partial charge in [-0.2, -0.15) is 0 Å². The number of nitrogens with one attached hydrogen (secondary N) is 1. The standard InChI is InChI=1S/C24H19F2NOS/c1-13-12-24(2,3)27-19-7-6-16-17-9-14(25)10-18(26)23(17)28-20(22(16)21(13)19)11-15-5-4-8-29-15/h4-12,27H,1-3H3/b20-11-. The summed E-state index contributed by atoms with van der Waals surface area (Å²) < 4.78 is 34.7. The first-order valence-corrected chi connectivity index (χ1v) is 10.3. The van der Waals surface area contributed by atoms with Crippen molar-refractivity contribution in [2.24, 2.45) is 0 Å². The number of hydrogen-bond donors (Lipinski definition) is 1. The van der Waals surface area contributed by atoms with Crippen LogP contribution < -0.4 is 10.1 Å².